The van der Waals surface area contributed by atoms with Crippen LogP contribution < -0.4 is 0 Å². The van der Waals surface area contributed by atoms with Crippen molar-refractivity contribution in [3.05, 3.63) is 0 Å². The summed E-state index contributed by atoms with van der Waals surface area (Å²) in [5.74, 6) is -4.68. The smallest absolute Gasteiger partial charge is 0.337 e. The van der Waals surface area contributed by atoms with Crippen molar-refractivity contribution in [2.24, 2.45) is 0 Å². The van der Waals surface area contributed by atoms with E-state index in [1.54, 1.807) is 0 Å². The third-order valence-corrected chi connectivity index (χ3v) is 2.34. The van der Waals surface area contributed by atoms with Crippen molar-refractivity contribution in [3.63, 3.8) is 0 Å². The van der Waals surface area contributed by atoms with Crippen molar-refractivity contribution < 1.29 is 44.0 Å². The molecule has 0 rings (SSSR count). The Kier molecular flexibility index (Phi) is 5.97. The van der Waals surface area contributed by atoms with Crippen molar-refractivity contribution in [1.82, 2.24) is 0 Å². The van der Waals surface area contributed by atoms with Gasteiger partial charge in [0, 0.05) is 6.42 Å². The van der Waals surface area contributed by atoms with Crippen molar-refractivity contribution in [2.45, 2.75) is 24.9 Å². The van der Waals surface area contributed by atoms with Gasteiger partial charge in [0.05, 0.1) is 6.42 Å². The first kappa shape index (κ1) is 15.7. The van der Waals surface area contributed by atoms with Crippen LogP contribution in [0.4, 0.5) is 0 Å². The van der Waals surface area contributed by atoms with Crippen LogP contribution in [0, 0.1) is 0 Å². The maximum Gasteiger partial charge on any atom is 0.337 e. The molecule has 0 radical (unpaired) electrons. The van der Waals surface area contributed by atoms with Gasteiger partial charge in [-0.25, -0.2) is 4.79 Å². The monoisotopic (exact) mass is 270 g/mol. The van der Waals surface area contributed by atoms with Gasteiger partial charge in [0.15, 0.2) is 5.60 Å². The summed E-state index contributed by atoms with van der Waals surface area (Å²) in [6.45, 7) is 0. The zero-order valence-corrected chi connectivity index (χ0v) is 9.33. The van der Waals surface area contributed by atoms with Crippen LogP contribution in [0.5, 0.6) is 0 Å². The summed E-state index contributed by atoms with van der Waals surface area (Å²) >= 11 is 0. The molecule has 5 N–H and O–H groups in total. The molecule has 0 aliphatic heterocycles. The maximum atomic E-state index is 10.9. The highest BCUT2D eigenvalue weighted by atomic mass is 31.2. The van der Waals surface area contributed by atoms with E-state index < -0.39 is 51.4 Å². The van der Waals surface area contributed by atoms with Crippen LogP contribution in [0.15, 0.2) is 0 Å². The largest absolute Gasteiger partial charge is 0.481 e. The maximum absolute atomic E-state index is 10.9. The molecular formula is C7H11O9P. The van der Waals surface area contributed by atoms with E-state index in [0.29, 0.717) is 0 Å². The lowest BCUT2D eigenvalue weighted by Gasteiger charge is -2.27. The highest BCUT2D eigenvalue weighted by Crippen LogP contribution is 2.37. The predicted octanol–water partition coefficient (Wildman–Crippen LogP) is -0.623. The average molecular weight is 270 g/mol. The lowest BCUT2D eigenvalue weighted by Crippen LogP contribution is -2.43. The van der Waals surface area contributed by atoms with E-state index in [1.165, 1.54) is 0 Å². The van der Waals surface area contributed by atoms with Gasteiger partial charge in [-0.15, -0.1) is 0 Å². The van der Waals surface area contributed by atoms with E-state index in [4.69, 9.17) is 25.1 Å². The second kappa shape index (κ2) is 6.45. The van der Waals surface area contributed by atoms with Gasteiger partial charge in [-0.05, 0) is 6.42 Å². The van der Waals surface area contributed by atoms with E-state index in [2.05, 4.69) is 4.52 Å². The molecule has 0 aromatic carbocycles. The Morgan fingerprint density at radius 3 is 1.88 bits per heavy atom. The molecule has 0 bridgehead atoms. The number of rotatable bonds is 8. The van der Waals surface area contributed by atoms with Crippen LogP contribution in [0.1, 0.15) is 19.3 Å². The van der Waals surface area contributed by atoms with Crippen LogP contribution in [-0.2, 0) is 18.9 Å². The van der Waals surface area contributed by atoms with E-state index in [-0.39, 0.29) is 0 Å². The Balaban J connectivity index is 5.01. The molecule has 1 unspecified atom stereocenters. The molecule has 1 atom stereocenters. The molecular weight excluding hydrogens is 259 g/mol. The molecule has 9 nitrogen and oxygen atoms in total. The zero-order valence-electron chi connectivity index (χ0n) is 8.44. The Labute approximate surface area is 96.3 Å². The first-order chi connectivity index (χ1) is 7.69. The number of carbonyl (C=O) groups is 3. The Hall–Kier alpha value is -1.28. The first-order valence-corrected chi connectivity index (χ1v) is 5.40. The third kappa shape index (κ3) is 5.55. The number of carboxylic acid groups (broad SMARTS) is 3. The molecule has 0 heterocycles. The normalized spacial score (nSPS) is 14.3. The fraction of sp³-hybridized carbons (Fsp3) is 0.571. The highest BCUT2D eigenvalue weighted by Gasteiger charge is 2.44. The molecule has 0 saturated heterocycles. The minimum Gasteiger partial charge on any atom is -0.481 e. The minimum atomic E-state index is -3.12. The van der Waals surface area contributed by atoms with E-state index in [1.807, 2.05) is 0 Å². The van der Waals surface area contributed by atoms with Crippen LogP contribution in [0.3, 0.4) is 0 Å². The van der Waals surface area contributed by atoms with Gasteiger partial charge in [-0.2, -0.15) is 0 Å². The molecule has 0 aromatic rings. The number of aliphatic carboxylic acids is 3. The molecule has 0 spiro atoms. The molecule has 0 aliphatic rings. The summed E-state index contributed by atoms with van der Waals surface area (Å²) < 4.78 is 4.29. The molecule has 17 heavy (non-hydrogen) atoms. The van der Waals surface area contributed by atoms with Crippen LogP contribution in [0.25, 0.3) is 0 Å². The van der Waals surface area contributed by atoms with Crippen LogP contribution >= 0.6 is 8.60 Å². The van der Waals surface area contributed by atoms with Crippen LogP contribution in [-0.4, -0.2) is 48.6 Å². The number of hydrogen-bond acceptors (Lipinski definition) is 6. The Bertz CT molecular complexity index is 314. The topological polar surface area (TPSA) is 162 Å². The predicted molar refractivity (Wildman–Crippen MR) is 51.9 cm³/mol. The average Bonchev–Trinajstić information content (AvgIpc) is 2.11. The molecule has 0 aliphatic carbocycles. The van der Waals surface area contributed by atoms with E-state index in [0.717, 1.165) is 0 Å². The van der Waals surface area contributed by atoms with E-state index >= 15 is 0 Å². The highest BCUT2D eigenvalue weighted by molar-refractivity contribution is 7.39. The lowest BCUT2D eigenvalue weighted by molar-refractivity contribution is -0.164. The summed E-state index contributed by atoms with van der Waals surface area (Å²) in [6.07, 6.45) is -2.44. The summed E-state index contributed by atoms with van der Waals surface area (Å²) in [6, 6.07) is 0. The van der Waals surface area contributed by atoms with Gasteiger partial charge in [0.1, 0.15) is 0 Å². The minimum absolute atomic E-state index is 0.678. The fourth-order valence-corrected chi connectivity index (χ4v) is 1.64. The lowest BCUT2D eigenvalue weighted by atomic mass is 9.94. The van der Waals surface area contributed by atoms with Gasteiger partial charge in [-0.1, -0.05) is 0 Å². The van der Waals surface area contributed by atoms with Gasteiger partial charge in [0.2, 0.25) is 0 Å². The summed E-state index contributed by atoms with van der Waals surface area (Å²) in [5, 5.41) is 25.8. The summed E-state index contributed by atoms with van der Waals surface area (Å²) in [4.78, 5) is 49.0. The van der Waals surface area contributed by atoms with Crippen molar-refractivity contribution in [2.75, 3.05) is 0 Å². The van der Waals surface area contributed by atoms with Crippen LogP contribution in [0.2, 0.25) is 0 Å². The summed E-state index contributed by atoms with van der Waals surface area (Å²) in [5.41, 5.74) is -2.46. The standard InChI is InChI=1S/C7H11O9P/c8-4(9)1-2-7(6(12)13,3-5(10)11)16-17(14)15/h14-15H,1-3H2,(H,8,9)(H,10,11)(H,12,13). The van der Waals surface area contributed by atoms with Gasteiger partial charge >= 0.3 is 26.5 Å². The van der Waals surface area contributed by atoms with Crippen molar-refractivity contribution in [3.8, 4) is 0 Å². The molecule has 0 aromatic heterocycles. The molecule has 10 heteroatoms. The second-order valence-electron chi connectivity index (χ2n) is 3.11. The number of hydrogen-bond donors (Lipinski definition) is 5. The first-order valence-electron chi connectivity index (χ1n) is 4.23. The fourth-order valence-electron chi connectivity index (χ4n) is 1.10. The zero-order chi connectivity index (χ0) is 13.6. The third-order valence-electron chi connectivity index (χ3n) is 1.83. The van der Waals surface area contributed by atoms with Gasteiger partial charge in [-0.3, -0.25) is 14.1 Å². The quantitative estimate of drug-likeness (QED) is 0.361. The van der Waals surface area contributed by atoms with Gasteiger partial charge < -0.3 is 25.1 Å². The molecule has 0 saturated carbocycles. The van der Waals surface area contributed by atoms with E-state index in [9.17, 15) is 14.4 Å². The molecule has 0 amide bonds. The Morgan fingerprint density at radius 2 is 1.59 bits per heavy atom. The Morgan fingerprint density at radius 1 is 1.06 bits per heavy atom. The van der Waals surface area contributed by atoms with Crippen molar-refractivity contribution in [1.29, 1.82) is 0 Å². The van der Waals surface area contributed by atoms with Gasteiger partial charge in [0.25, 0.3) is 0 Å². The molecule has 98 valence electrons. The number of carboxylic acids is 3. The molecule has 0 fully saturated rings. The summed E-state index contributed by atoms with van der Waals surface area (Å²) in [7, 11) is -3.12. The second-order valence-corrected chi connectivity index (χ2v) is 3.80. The SMILES string of the molecule is O=C(O)CCC(CC(=O)O)(OP(O)O)C(=O)O. The van der Waals surface area contributed by atoms with Crippen molar-refractivity contribution >= 4 is 26.5 Å².